The number of nitriles is 1. The van der Waals surface area contributed by atoms with Crippen LogP contribution in [0, 0.1) is 39.0 Å². The summed E-state index contributed by atoms with van der Waals surface area (Å²) in [6.07, 6.45) is 4.26. The number of rotatable bonds is 6. The van der Waals surface area contributed by atoms with E-state index < -0.39 is 5.97 Å². The van der Waals surface area contributed by atoms with E-state index in [0.29, 0.717) is 0 Å². The Hall–Kier alpha value is -3.75. The second-order valence-corrected chi connectivity index (χ2v) is 10.2. The van der Waals surface area contributed by atoms with Gasteiger partial charge >= 0.3 is 5.97 Å². The lowest BCUT2D eigenvalue weighted by molar-refractivity contribution is -0.132. The Kier molecular flexibility index (Phi) is 7.14. The van der Waals surface area contributed by atoms with Crippen molar-refractivity contribution in [2.24, 2.45) is 0 Å². The van der Waals surface area contributed by atoms with E-state index in [1.54, 1.807) is 17.8 Å². The minimum absolute atomic E-state index is 0.194. The molecule has 0 radical (unpaired) electrons. The highest BCUT2D eigenvalue weighted by Crippen LogP contribution is 2.45. The van der Waals surface area contributed by atoms with Gasteiger partial charge in [0, 0.05) is 27.2 Å². The Morgan fingerprint density at radius 1 is 0.971 bits per heavy atom. The summed E-state index contributed by atoms with van der Waals surface area (Å²) in [5.74, 6) is -1.19. The van der Waals surface area contributed by atoms with Crippen LogP contribution in [0.2, 0.25) is 0 Å². The molecule has 0 amide bonds. The highest BCUT2D eigenvalue weighted by Gasteiger charge is 2.22. The largest absolute Gasteiger partial charge is 0.477 e. The van der Waals surface area contributed by atoms with Crippen molar-refractivity contribution >= 4 is 34.8 Å². The maximum Gasteiger partial charge on any atom is 0.346 e. The minimum atomic E-state index is -1.19. The van der Waals surface area contributed by atoms with E-state index >= 15 is 0 Å². The van der Waals surface area contributed by atoms with Gasteiger partial charge in [-0.05, 0) is 81.1 Å². The van der Waals surface area contributed by atoms with Crippen LogP contribution in [-0.2, 0) is 4.79 Å². The first-order chi connectivity index (χ1) is 16.8. The number of nitrogens with zero attached hydrogens (tertiary/aromatic N) is 2. The number of anilines is 3. The monoisotopic (exact) mass is 480 g/mol. The Bertz CT molecular complexity index is 1330. The summed E-state index contributed by atoms with van der Waals surface area (Å²) in [5.41, 5.74) is 9.22. The van der Waals surface area contributed by atoms with Gasteiger partial charge in [-0.2, -0.15) is 5.26 Å². The van der Waals surface area contributed by atoms with Crippen LogP contribution < -0.4 is 4.90 Å². The molecule has 4 rings (SSSR count). The van der Waals surface area contributed by atoms with Crippen molar-refractivity contribution < 1.29 is 9.90 Å². The molecule has 1 aliphatic heterocycles. The standard InChI is InChI=1S/C30H28N2O2S/c1-19-5-12-27(21(3)15-19)32(28-13-6-20(2)16-22(28)4)25-9-7-23(8-10-25)29-14-11-26(35-29)17-24(18-31)30(33)34/h5-13,15-17,29H,14H2,1-4H3,(H,33,34)/b24-17+. The lowest BCUT2D eigenvalue weighted by Crippen LogP contribution is -2.13. The number of hydrogen-bond donors (Lipinski definition) is 1. The van der Waals surface area contributed by atoms with Crippen LogP contribution >= 0.6 is 11.8 Å². The molecule has 0 fully saturated rings. The molecule has 3 aromatic carbocycles. The van der Waals surface area contributed by atoms with Crippen LogP contribution in [0.15, 0.2) is 83.3 Å². The maximum absolute atomic E-state index is 11.2. The molecule has 1 heterocycles. The third kappa shape index (κ3) is 5.34. The first-order valence-corrected chi connectivity index (χ1v) is 12.4. The van der Waals surface area contributed by atoms with E-state index in [1.807, 2.05) is 6.08 Å². The van der Waals surface area contributed by atoms with Gasteiger partial charge in [0.25, 0.3) is 0 Å². The first kappa shape index (κ1) is 24.4. The van der Waals surface area contributed by atoms with E-state index in [2.05, 4.69) is 93.3 Å². The molecule has 1 unspecified atom stereocenters. The molecule has 0 aliphatic carbocycles. The summed E-state index contributed by atoms with van der Waals surface area (Å²) < 4.78 is 0. The van der Waals surface area contributed by atoms with Gasteiger partial charge in [-0.15, -0.1) is 11.8 Å². The number of carboxylic acid groups (broad SMARTS) is 1. The van der Waals surface area contributed by atoms with Gasteiger partial charge in [0.1, 0.15) is 11.6 Å². The average Bonchev–Trinajstić information content (AvgIpc) is 3.29. The molecule has 0 saturated heterocycles. The zero-order valence-corrected chi connectivity index (χ0v) is 21.2. The molecule has 5 heteroatoms. The van der Waals surface area contributed by atoms with Crippen LogP contribution in [0.1, 0.15) is 39.5 Å². The molecule has 4 nitrogen and oxygen atoms in total. The SMILES string of the molecule is Cc1ccc(N(c2ccc(C3CC=C(/C=C(\C#N)C(=O)O)S3)cc2)c2ccc(C)cc2C)c(C)c1. The van der Waals surface area contributed by atoms with Crippen molar-refractivity contribution in [3.05, 3.63) is 111 Å². The molecule has 1 aliphatic rings. The van der Waals surface area contributed by atoms with Crippen LogP contribution in [0.4, 0.5) is 17.1 Å². The molecule has 176 valence electrons. The molecule has 0 spiro atoms. The molecule has 1 atom stereocenters. The van der Waals surface area contributed by atoms with Crippen LogP contribution in [0.25, 0.3) is 0 Å². The number of allylic oxidation sites excluding steroid dienone is 2. The second-order valence-electron chi connectivity index (χ2n) is 8.93. The van der Waals surface area contributed by atoms with Gasteiger partial charge in [-0.3, -0.25) is 0 Å². The summed E-state index contributed by atoms with van der Waals surface area (Å²) in [6, 6.07) is 23.4. The van der Waals surface area contributed by atoms with E-state index in [1.165, 1.54) is 33.9 Å². The molecule has 1 N–H and O–H groups in total. The minimum Gasteiger partial charge on any atom is -0.477 e. The Morgan fingerprint density at radius 2 is 1.54 bits per heavy atom. The summed E-state index contributed by atoms with van der Waals surface area (Å²) in [6.45, 7) is 8.52. The van der Waals surface area contributed by atoms with Crippen molar-refractivity contribution in [1.29, 1.82) is 5.26 Å². The Labute approximate surface area is 211 Å². The fourth-order valence-corrected chi connectivity index (χ4v) is 5.62. The zero-order valence-electron chi connectivity index (χ0n) is 20.4. The zero-order chi connectivity index (χ0) is 25.1. The van der Waals surface area contributed by atoms with E-state index in [4.69, 9.17) is 10.4 Å². The van der Waals surface area contributed by atoms with Gasteiger partial charge in [0.15, 0.2) is 0 Å². The molecular formula is C30H28N2O2S. The number of aryl methyl sites for hydroxylation is 4. The molecule has 35 heavy (non-hydrogen) atoms. The topological polar surface area (TPSA) is 64.3 Å². The highest BCUT2D eigenvalue weighted by molar-refractivity contribution is 8.03. The Balaban J connectivity index is 1.65. The third-order valence-corrected chi connectivity index (χ3v) is 7.46. The number of carboxylic acids is 1. The Morgan fingerprint density at radius 3 is 2.03 bits per heavy atom. The van der Waals surface area contributed by atoms with E-state index in [9.17, 15) is 4.79 Å². The van der Waals surface area contributed by atoms with Crippen LogP contribution in [0.5, 0.6) is 0 Å². The van der Waals surface area contributed by atoms with Gasteiger partial charge in [0.2, 0.25) is 0 Å². The second kappa shape index (κ2) is 10.2. The smallest absolute Gasteiger partial charge is 0.346 e. The number of aliphatic carboxylic acids is 1. The molecule has 3 aromatic rings. The van der Waals surface area contributed by atoms with Crippen molar-refractivity contribution in [3.63, 3.8) is 0 Å². The lowest BCUT2D eigenvalue weighted by Gasteiger charge is -2.29. The quantitative estimate of drug-likeness (QED) is 0.286. The predicted molar refractivity (Wildman–Crippen MR) is 144 cm³/mol. The van der Waals surface area contributed by atoms with Crippen molar-refractivity contribution in [2.75, 3.05) is 4.90 Å². The number of thioether (sulfide) groups is 1. The van der Waals surface area contributed by atoms with Gasteiger partial charge in [-0.25, -0.2) is 4.79 Å². The molecule has 0 aromatic heterocycles. The highest BCUT2D eigenvalue weighted by atomic mass is 32.2. The molecule has 0 saturated carbocycles. The maximum atomic E-state index is 11.2. The summed E-state index contributed by atoms with van der Waals surface area (Å²) >= 11 is 1.60. The van der Waals surface area contributed by atoms with Crippen molar-refractivity contribution in [3.8, 4) is 6.07 Å². The third-order valence-electron chi connectivity index (χ3n) is 6.16. The molecular weight excluding hydrogens is 452 g/mol. The predicted octanol–water partition coefficient (Wildman–Crippen LogP) is 7.99. The normalized spacial score (nSPS) is 15.5. The average molecular weight is 481 g/mol. The summed E-state index contributed by atoms with van der Waals surface area (Å²) in [7, 11) is 0. The first-order valence-electron chi connectivity index (χ1n) is 11.5. The van der Waals surface area contributed by atoms with Gasteiger partial charge < -0.3 is 10.0 Å². The van der Waals surface area contributed by atoms with Gasteiger partial charge in [-0.1, -0.05) is 53.6 Å². The van der Waals surface area contributed by atoms with E-state index in [0.717, 1.165) is 28.4 Å². The number of carbonyl (C=O) groups is 1. The van der Waals surface area contributed by atoms with Crippen molar-refractivity contribution in [2.45, 2.75) is 39.4 Å². The lowest BCUT2D eigenvalue weighted by atomic mass is 10.0. The fraction of sp³-hybridized carbons (Fsp3) is 0.200. The van der Waals surface area contributed by atoms with E-state index in [-0.39, 0.29) is 10.8 Å². The number of hydrogen-bond acceptors (Lipinski definition) is 4. The van der Waals surface area contributed by atoms with Crippen molar-refractivity contribution in [1.82, 2.24) is 0 Å². The molecule has 0 bridgehead atoms. The van der Waals surface area contributed by atoms with Crippen LogP contribution in [0.3, 0.4) is 0 Å². The number of benzene rings is 3. The summed E-state index contributed by atoms with van der Waals surface area (Å²) in [5, 5.41) is 18.4. The van der Waals surface area contributed by atoms with Crippen LogP contribution in [-0.4, -0.2) is 11.1 Å². The van der Waals surface area contributed by atoms with Gasteiger partial charge in [0.05, 0.1) is 0 Å². The summed E-state index contributed by atoms with van der Waals surface area (Å²) in [4.78, 5) is 14.3. The fourth-order valence-electron chi connectivity index (χ4n) is 4.42.